The van der Waals surface area contributed by atoms with Crippen molar-refractivity contribution in [3.63, 3.8) is 0 Å². The molecule has 0 radical (unpaired) electrons. The van der Waals surface area contributed by atoms with E-state index in [1.807, 2.05) is 5.38 Å². The molecule has 0 atom stereocenters. The van der Waals surface area contributed by atoms with Crippen LogP contribution in [0.15, 0.2) is 9.98 Å². The average molecular weight is 263 g/mol. The van der Waals surface area contributed by atoms with Gasteiger partial charge in [-0.15, -0.1) is 11.3 Å². The standard InChI is InChI=1S/C9H15BrN2S/c1-7(2)4-3-5-11-9-12-8(10)6-13-9/h6-7H,3-5H2,1-2H3,(H,11,12). The Labute approximate surface area is 91.9 Å². The van der Waals surface area contributed by atoms with Gasteiger partial charge in [0.05, 0.1) is 0 Å². The minimum absolute atomic E-state index is 0.796. The number of nitrogens with zero attached hydrogens (tertiary/aromatic N) is 1. The molecule has 0 aliphatic heterocycles. The maximum absolute atomic E-state index is 4.25. The van der Waals surface area contributed by atoms with Gasteiger partial charge in [-0.2, -0.15) is 0 Å². The summed E-state index contributed by atoms with van der Waals surface area (Å²) in [5.74, 6) is 0.796. The van der Waals surface area contributed by atoms with Gasteiger partial charge in [-0.3, -0.25) is 0 Å². The second-order valence-electron chi connectivity index (χ2n) is 3.44. The molecule has 0 saturated heterocycles. The molecule has 74 valence electrons. The second-order valence-corrected chi connectivity index (χ2v) is 5.11. The molecule has 0 amide bonds. The molecule has 2 nitrogen and oxygen atoms in total. The van der Waals surface area contributed by atoms with Crippen molar-refractivity contribution in [3.05, 3.63) is 9.98 Å². The molecular weight excluding hydrogens is 248 g/mol. The zero-order valence-electron chi connectivity index (χ0n) is 8.01. The molecule has 0 fully saturated rings. The Balaban J connectivity index is 2.13. The number of aromatic nitrogens is 1. The molecule has 13 heavy (non-hydrogen) atoms. The van der Waals surface area contributed by atoms with Gasteiger partial charge < -0.3 is 5.32 Å². The van der Waals surface area contributed by atoms with Gasteiger partial charge in [0.15, 0.2) is 5.13 Å². The molecule has 1 heterocycles. The van der Waals surface area contributed by atoms with Crippen LogP contribution in [-0.4, -0.2) is 11.5 Å². The summed E-state index contributed by atoms with van der Waals surface area (Å²) in [6.45, 7) is 5.53. The first kappa shape index (κ1) is 11.0. The predicted molar refractivity (Wildman–Crippen MR) is 62.4 cm³/mol. The van der Waals surface area contributed by atoms with Crippen molar-refractivity contribution in [2.75, 3.05) is 11.9 Å². The highest BCUT2D eigenvalue weighted by Crippen LogP contribution is 2.19. The summed E-state index contributed by atoms with van der Waals surface area (Å²) in [4.78, 5) is 4.25. The fraction of sp³-hybridized carbons (Fsp3) is 0.667. The van der Waals surface area contributed by atoms with E-state index in [1.165, 1.54) is 12.8 Å². The van der Waals surface area contributed by atoms with Crippen LogP contribution in [0.3, 0.4) is 0 Å². The number of thiazole rings is 1. The first-order chi connectivity index (χ1) is 6.18. The Morgan fingerprint density at radius 2 is 2.38 bits per heavy atom. The largest absolute Gasteiger partial charge is 0.361 e. The van der Waals surface area contributed by atoms with Crippen LogP contribution in [0.25, 0.3) is 0 Å². The molecular formula is C9H15BrN2S. The van der Waals surface area contributed by atoms with Crippen LogP contribution in [0.2, 0.25) is 0 Å². The van der Waals surface area contributed by atoms with Gasteiger partial charge in [-0.1, -0.05) is 13.8 Å². The van der Waals surface area contributed by atoms with Crippen LogP contribution in [0.4, 0.5) is 5.13 Å². The van der Waals surface area contributed by atoms with Gasteiger partial charge in [-0.25, -0.2) is 4.98 Å². The fourth-order valence-electron chi connectivity index (χ4n) is 1.04. The van der Waals surface area contributed by atoms with E-state index in [-0.39, 0.29) is 0 Å². The van der Waals surface area contributed by atoms with Gasteiger partial charge in [0.25, 0.3) is 0 Å². The highest BCUT2D eigenvalue weighted by molar-refractivity contribution is 9.10. The molecule has 1 aromatic heterocycles. The molecule has 0 unspecified atom stereocenters. The van der Waals surface area contributed by atoms with Crippen LogP contribution in [-0.2, 0) is 0 Å². The molecule has 0 aliphatic rings. The SMILES string of the molecule is CC(C)CCCNc1nc(Br)cs1. The molecule has 4 heteroatoms. The van der Waals surface area contributed by atoms with Gasteiger partial charge in [0.1, 0.15) is 4.60 Å². The smallest absolute Gasteiger partial charge is 0.183 e. The first-order valence-electron chi connectivity index (χ1n) is 4.53. The van der Waals surface area contributed by atoms with Gasteiger partial charge in [0, 0.05) is 11.9 Å². The lowest BCUT2D eigenvalue weighted by molar-refractivity contribution is 0.567. The highest BCUT2D eigenvalue weighted by atomic mass is 79.9. The Kier molecular flexibility index (Phi) is 4.73. The summed E-state index contributed by atoms with van der Waals surface area (Å²) >= 11 is 4.96. The van der Waals surface area contributed by atoms with Crippen molar-refractivity contribution in [2.45, 2.75) is 26.7 Å². The van der Waals surface area contributed by atoms with E-state index in [0.29, 0.717) is 0 Å². The third kappa shape index (κ3) is 4.62. The van der Waals surface area contributed by atoms with Crippen LogP contribution in [0, 0.1) is 5.92 Å². The summed E-state index contributed by atoms with van der Waals surface area (Å²) in [6, 6.07) is 0. The fourth-order valence-corrected chi connectivity index (χ4v) is 2.21. The summed E-state index contributed by atoms with van der Waals surface area (Å²) in [6.07, 6.45) is 2.49. The molecule has 0 aliphatic carbocycles. The van der Waals surface area contributed by atoms with E-state index in [0.717, 1.165) is 22.2 Å². The van der Waals surface area contributed by atoms with Crippen LogP contribution in [0.1, 0.15) is 26.7 Å². The summed E-state index contributed by atoms with van der Waals surface area (Å²) in [5, 5.41) is 6.30. The number of rotatable bonds is 5. The van der Waals surface area contributed by atoms with Gasteiger partial charge >= 0.3 is 0 Å². The third-order valence-corrected chi connectivity index (χ3v) is 3.22. The number of hydrogen-bond donors (Lipinski definition) is 1. The van der Waals surface area contributed by atoms with Crippen LogP contribution < -0.4 is 5.32 Å². The topological polar surface area (TPSA) is 24.9 Å². The summed E-state index contributed by atoms with van der Waals surface area (Å²) < 4.78 is 0.920. The molecule has 0 bridgehead atoms. The van der Waals surface area contributed by atoms with Crippen molar-refractivity contribution >= 4 is 32.4 Å². The van der Waals surface area contributed by atoms with Crippen molar-refractivity contribution in [3.8, 4) is 0 Å². The van der Waals surface area contributed by atoms with E-state index in [9.17, 15) is 0 Å². The van der Waals surface area contributed by atoms with E-state index in [1.54, 1.807) is 11.3 Å². The molecule has 0 aromatic carbocycles. The van der Waals surface area contributed by atoms with E-state index in [4.69, 9.17) is 0 Å². The lowest BCUT2D eigenvalue weighted by Gasteiger charge is -2.04. The summed E-state index contributed by atoms with van der Waals surface area (Å²) in [7, 11) is 0. The van der Waals surface area contributed by atoms with Crippen LogP contribution >= 0.6 is 27.3 Å². The van der Waals surface area contributed by atoms with Crippen LogP contribution in [0.5, 0.6) is 0 Å². The van der Waals surface area contributed by atoms with Crippen molar-refractivity contribution < 1.29 is 0 Å². The van der Waals surface area contributed by atoms with Crippen molar-refractivity contribution in [1.29, 1.82) is 0 Å². The average Bonchev–Trinajstić information content (AvgIpc) is 2.45. The molecule has 0 saturated carbocycles. The second kappa shape index (κ2) is 5.60. The zero-order chi connectivity index (χ0) is 9.68. The first-order valence-corrected chi connectivity index (χ1v) is 6.20. The van der Waals surface area contributed by atoms with Crippen molar-refractivity contribution in [2.24, 2.45) is 5.92 Å². The number of halogens is 1. The lowest BCUT2D eigenvalue weighted by Crippen LogP contribution is -2.02. The quantitative estimate of drug-likeness (QED) is 0.818. The Hall–Kier alpha value is -0.0900. The third-order valence-electron chi connectivity index (χ3n) is 1.71. The predicted octanol–water partition coefficient (Wildman–Crippen LogP) is 3.75. The van der Waals surface area contributed by atoms with Gasteiger partial charge in [0.2, 0.25) is 0 Å². The maximum atomic E-state index is 4.25. The van der Waals surface area contributed by atoms with Gasteiger partial charge in [-0.05, 0) is 34.7 Å². The minimum atomic E-state index is 0.796. The number of nitrogens with one attached hydrogen (secondary N) is 1. The Bertz CT molecular complexity index is 248. The zero-order valence-corrected chi connectivity index (χ0v) is 10.4. The van der Waals surface area contributed by atoms with E-state index < -0.39 is 0 Å². The molecule has 1 aromatic rings. The normalized spacial score (nSPS) is 10.8. The van der Waals surface area contributed by atoms with Crippen molar-refractivity contribution in [1.82, 2.24) is 4.98 Å². The highest BCUT2D eigenvalue weighted by Gasteiger charge is 1.98. The monoisotopic (exact) mass is 262 g/mol. The Morgan fingerprint density at radius 1 is 1.62 bits per heavy atom. The van der Waals surface area contributed by atoms with E-state index in [2.05, 4.69) is 40.1 Å². The summed E-state index contributed by atoms with van der Waals surface area (Å²) in [5.41, 5.74) is 0. The molecule has 0 spiro atoms. The molecule has 1 rings (SSSR count). The molecule has 1 N–H and O–H groups in total. The number of anilines is 1. The number of hydrogen-bond acceptors (Lipinski definition) is 3. The lowest BCUT2D eigenvalue weighted by atomic mass is 10.1. The Morgan fingerprint density at radius 3 is 2.92 bits per heavy atom. The maximum Gasteiger partial charge on any atom is 0.183 e. The van der Waals surface area contributed by atoms with E-state index >= 15 is 0 Å². The minimum Gasteiger partial charge on any atom is -0.361 e.